The third-order valence-corrected chi connectivity index (χ3v) is 3.61. The van der Waals surface area contributed by atoms with Gasteiger partial charge in [-0.05, 0) is 19.4 Å². The van der Waals surface area contributed by atoms with Crippen LogP contribution in [0.3, 0.4) is 0 Å². The molecule has 1 aliphatic heterocycles. The molecule has 0 radical (unpaired) electrons. The molecule has 0 aromatic heterocycles. The van der Waals surface area contributed by atoms with Gasteiger partial charge in [0.2, 0.25) is 6.79 Å². The van der Waals surface area contributed by atoms with Crippen molar-refractivity contribution < 1.29 is 9.47 Å². The maximum atomic E-state index is 5.51. The minimum Gasteiger partial charge on any atom is -0.454 e. The van der Waals surface area contributed by atoms with Crippen LogP contribution in [-0.2, 0) is 6.54 Å². The number of unbranched alkanes of at least 4 members (excludes halogenated alkanes) is 3. The Kier molecular flexibility index (Phi) is 5.52. The molecule has 0 saturated carbocycles. The molecule has 1 unspecified atom stereocenters. The molecule has 0 saturated heterocycles. The first kappa shape index (κ1) is 14.2. The van der Waals surface area contributed by atoms with E-state index in [1.54, 1.807) is 0 Å². The van der Waals surface area contributed by atoms with Gasteiger partial charge in [0.15, 0.2) is 11.5 Å². The molecule has 2 rings (SSSR count). The summed E-state index contributed by atoms with van der Waals surface area (Å²) in [5.41, 5.74) is 1.19. The lowest BCUT2D eigenvalue weighted by Gasteiger charge is -2.14. The Morgan fingerprint density at radius 3 is 2.95 bits per heavy atom. The molecular formula is C16H25NO2. The zero-order valence-corrected chi connectivity index (χ0v) is 12.1. The van der Waals surface area contributed by atoms with Crippen LogP contribution in [0.25, 0.3) is 0 Å². The molecule has 0 fully saturated rings. The number of benzene rings is 1. The lowest BCUT2D eigenvalue weighted by atomic mass is 10.1. The SMILES string of the molecule is CCCCCCC(C)NCc1cccc2c1OCO2. The van der Waals surface area contributed by atoms with Crippen LogP contribution in [0.15, 0.2) is 18.2 Å². The molecule has 1 aliphatic rings. The summed E-state index contributed by atoms with van der Waals surface area (Å²) in [5, 5.41) is 3.57. The molecule has 1 aromatic carbocycles. The van der Waals surface area contributed by atoms with E-state index in [1.807, 2.05) is 12.1 Å². The average molecular weight is 263 g/mol. The zero-order chi connectivity index (χ0) is 13.5. The van der Waals surface area contributed by atoms with Gasteiger partial charge in [0.1, 0.15) is 0 Å². The molecular weight excluding hydrogens is 238 g/mol. The minimum absolute atomic E-state index is 0.346. The Bertz CT molecular complexity index is 392. The highest BCUT2D eigenvalue weighted by Crippen LogP contribution is 2.35. The average Bonchev–Trinajstić information content (AvgIpc) is 2.90. The second kappa shape index (κ2) is 7.39. The molecule has 1 atom stereocenters. The Balaban J connectivity index is 1.75. The van der Waals surface area contributed by atoms with Crippen molar-refractivity contribution in [2.24, 2.45) is 0 Å². The van der Waals surface area contributed by atoms with Crippen molar-refractivity contribution in [2.45, 2.75) is 58.5 Å². The minimum atomic E-state index is 0.346. The highest BCUT2D eigenvalue weighted by atomic mass is 16.7. The molecule has 0 bridgehead atoms. The first-order valence-electron chi connectivity index (χ1n) is 7.42. The van der Waals surface area contributed by atoms with Crippen molar-refractivity contribution in [1.82, 2.24) is 5.32 Å². The lowest BCUT2D eigenvalue weighted by Crippen LogP contribution is -2.25. The Morgan fingerprint density at radius 1 is 1.21 bits per heavy atom. The molecule has 0 spiro atoms. The summed E-state index contributed by atoms with van der Waals surface area (Å²) in [6.07, 6.45) is 6.56. The van der Waals surface area contributed by atoms with Gasteiger partial charge < -0.3 is 14.8 Å². The predicted octanol–water partition coefficient (Wildman–Crippen LogP) is 3.86. The topological polar surface area (TPSA) is 30.5 Å². The van der Waals surface area contributed by atoms with Crippen LogP contribution in [-0.4, -0.2) is 12.8 Å². The molecule has 19 heavy (non-hydrogen) atoms. The first-order chi connectivity index (χ1) is 9.31. The molecule has 1 heterocycles. The van der Waals surface area contributed by atoms with Gasteiger partial charge in [-0.2, -0.15) is 0 Å². The summed E-state index contributed by atoms with van der Waals surface area (Å²) in [4.78, 5) is 0. The largest absolute Gasteiger partial charge is 0.454 e. The van der Waals surface area contributed by atoms with Crippen LogP contribution >= 0.6 is 0 Å². The number of para-hydroxylation sites is 1. The van der Waals surface area contributed by atoms with E-state index < -0.39 is 0 Å². The predicted molar refractivity (Wildman–Crippen MR) is 77.6 cm³/mol. The second-order valence-corrected chi connectivity index (χ2v) is 5.28. The van der Waals surface area contributed by atoms with Crippen LogP contribution in [0.2, 0.25) is 0 Å². The summed E-state index contributed by atoms with van der Waals surface area (Å²) in [6, 6.07) is 6.64. The van der Waals surface area contributed by atoms with Gasteiger partial charge >= 0.3 is 0 Å². The third kappa shape index (κ3) is 4.13. The fourth-order valence-corrected chi connectivity index (χ4v) is 2.39. The van der Waals surface area contributed by atoms with E-state index in [9.17, 15) is 0 Å². The van der Waals surface area contributed by atoms with Gasteiger partial charge in [0.25, 0.3) is 0 Å². The van der Waals surface area contributed by atoms with Crippen molar-refractivity contribution in [2.75, 3.05) is 6.79 Å². The molecule has 3 nitrogen and oxygen atoms in total. The van der Waals surface area contributed by atoms with E-state index in [0.29, 0.717) is 12.8 Å². The van der Waals surface area contributed by atoms with E-state index >= 15 is 0 Å². The van der Waals surface area contributed by atoms with Gasteiger partial charge in [-0.3, -0.25) is 0 Å². The lowest BCUT2D eigenvalue weighted by molar-refractivity contribution is 0.173. The molecule has 0 amide bonds. The number of hydrogen-bond acceptors (Lipinski definition) is 3. The summed E-state index contributed by atoms with van der Waals surface area (Å²) in [5.74, 6) is 1.78. The van der Waals surface area contributed by atoms with Gasteiger partial charge in [-0.25, -0.2) is 0 Å². The standard InChI is InChI=1S/C16H25NO2/c1-3-4-5-6-8-13(2)17-11-14-9-7-10-15-16(14)19-12-18-15/h7,9-10,13,17H,3-6,8,11-12H2,1-2H3. The Labute approximate surface area is 116 Å². The number of hydrogen-bond donors (Lipinski definition) is 1. The van der Waals surface area contributed by atoms with Crippen LogP contribution in [0.1, 0.15) is 51.5 Å². The smallest absolute Gasteiger partial charge is 0.231 e. The Morgan fingerprint density at radius 2 is 2.11 bits per heavy atom. The zero-order valence-electron chi connectivity index (χ0n) is 12.1. The van der Waals surface area contributed by atoms with Crippen molar-refractivity contribution in [3.05, 3.63) is 23.8 Å². The van der Waals surface area contributed by atoms with E-state index in [4.69, 9.17) is 9.47 Å². The summed E-state index contributed by atoms with van der Waals surface area (Å²) in [6.45, 7) is 5.70. The molecule has 0 aliphatic carbocycles. The fourth-order valence-electron chi connectivity index (χ4n) is 2.39. The maximum Gasteiger partial charge on any atom is 0.231 e. The first-order valence-corrected chi connectivity index (χ1v) is 7.42. The van der Waals surface area contributed by atoms with E-state index in [1.165, 1.54) is 37.7 Å². The third-order valence-electron chi connectivity index (χ3n) is 3.61. The number of fused-ring (bicyclic) bond motifs is 1. The molecule has 106 valence electrons. The van der Waals surface area contributed by atoms with E-state index in [0.717, 1.165) is 18.0 Å². The van der Waals surface area contributed by atoms with Gasteiger partial charge in [-0.15, -0.1) is 0 Å². The quantitative estimate of drug-likeness (QED) is 0.722. The van der Waals surface area contributed by atoms with Crippen LogP contribution in [0.5, 0.6) is 11.5 Å². The van der Waals surface area contributed by atoms with E-state index in [-0.39, 0.29) is 0 Å². The van der Waals surface area contributed by atoms with Crippen LogP contribution in [0, 0.1) is 0 Å². The maximum absolute atomic E-state index is 5.51. The number of ether oxygens (including phenoxy) is 2. The number of rotatable bonds is 8. The van der Waals surface area contributed by atoms with Crippen LogP contribution < -0.4 is 14.8 Å². The number of nitrogens with one attached hydrogen (secondary N) is 1. The second-order valence-electron chi connectivity index (χ2n) is 5.28. The van der Waals surface area contributed by atoms with Crippen LogP contribution in [0.4, 0.5) is 0 Å². The monoisotopic (exact) mass is 263 g/mol. The molecule has 1 N–H and O–H groups in total. The fraction of sp³-hybridized carbons (Fsp3) is 0.625. The summed E-state index contributed by atoms with van der Waals surface area (Å²) >= 11 is 0. The molecule has 3 heteroatoms. The van der Waals surface area contributed by atoms with Crippen molar-refractivity contribution in [3.8, 4) is 11.5 Å². The van der Waals surface area contributed by atoms with Gasteiger partial charge in [0, 0.05) is 18.2 Å². The van der Waals surface area contributed by atoms with Gasteiger partial charge in [0.05, 0.1) is 0 Å². The van der Waals surface area contributed by atoms with Crippen molar-refractivity contribution >= 4 is 0 Å². The normalized spacial score (nSPS) is 14.6. The van der Waals surface area contributed by atoms with E-state index in [2.05, 4.69) is 25.2 Å². The highest BCUT2D eigenvalue weighted by Gasteiger charge is 2.17. The summed E-state index contributed by atoms with van der Waals surface area (Å²) < 4.78 is 10.9. The molecule has 1 aromatic rings. The van der Waals surface area contributed by atoms with Crippen molar-refractivity contribution in [1.29, 1.82) is 0 Å². The van der Waals surface area contributed by atoms with Gasteiger partial charge in [-0.1, -0.05) is 44.7 Å². The van der Waals surface area contributed by atoms with Crippen molar-refractivity contribution in [3.63, 3.8) is 0 Å². The highest BCUT2D eigenvalue weighted by molar-refractivity contribution is 5.48. The Hall–Kier alpha value is -1.22. The summed E-state index contributed by atoms with van der Waals surface area (Å²) in [7, 11) is 0.